The largest absolute Gasteiger partial charge is 0.466 e. The van der Waals surface area contributed by atoms with Crippen molar-refractivity contribution in [2.24, 2.45) is 0 Å². The number of hydrogen-bond acceptors (Lipinski definition) is 2. The first-order valence-electron chi connectivity index (χ1n) is 7.22. The molecule has 24 heavy (non-hydrogen) atoms. The van der Waals surface area contributed by atoms with Crippen LogP contribution in [0.2, 0.25) is 0 Å². The van der Waals surface area contributed by atoms with Crippen molar-refractivity contribution in [3.05, 3.63) is 66.7 Å². The van der Waals surface area contributed by atoms with Gasteiger partial charge in [0.05, 0.1) is 0 Å². The Balaban J connectivity index is 0.000000300. The number of nitrogens with two attached hydrogens (primary N) is 1. The van der Waals surface area contributed by atoms with Gasteiger partial charge in [-0.25, -0.2) is 4.57 Å². The molecule has 0 aliphatic carbocycles. The van der Waals surface area contributed by atoms with Crippen LogP contribution in [0, 0.1) is 0 Å². The van der Waals surface area contributed by atoms with Crippen molar-refractivity contribution in [1.82, 2.24) is 0 Å². The second kappa shape index (κ2) is 6.23. The SMILES string of the molecule is Nc1cccc2c3ccccc3c3ccccc3c12.O=P(O)(O)O. The first-order chi connectivity index (χ1) is 11.4. The second-order valence-electron chi connectivity index (χ2n) is 5.37. The topological polar surface area (TPSA) is 104 Å². The van der Waals surface area contributed by atoms with E-state index < -0.39 is 7.82 Å². The third-order valence-electron chi connectivity index (χ3n) is 3.80. The van der Waals surface area contributed by atoms with E-state index in [0.717, 1.165) is 11.1 Å². The first-order valence-corrected chi connectivity index (χ1v) is 8.79. The molecule has 0 saturated carbocycles. The molecule has 0 bridgehead atoms. The van der Waals surface area contributed by atoms with Crippen LogP contribution in [0.15, 0.2) is 66.7 Å². The van der Waals surface area contributed by atoms with Crippen molar-refractivity contribution < 1.29 is 19.2 Å². The summed E-state index contributed by atoms with van der Waals surface area (Å²) in [6, 6.07) is 23.2. The molecule has 6 heteroatoms. The molecule has 0 heterocycles. The smallest absolute Gasteiger partial charge is 0.398 e. The molecule has 0 atom stereocenters. The van der Waals surface area contributed by atoms with E-state index in [2.05, 4.69) is 54.6 Å². The maximum Gasteiger partial charge on any atom is 0.466 e. The van der Waals surface area contributed by atoms with Gasteiger partial charge in [-0.05, 0) is 33.0 Å². The molecule has 122 valence electrons. The lowest BCUT2D eigenvalue weighted by atomic mass is 9.94. The summed E-state index contributed by atoms with van der Waals surface area (Å²) in [6.45, 7) is 0. The summed E-state index contributed by atoms with van der Waals surface area (Å²) in [5, 5.41) is 7.45. The lowest BCUT2D eigenvalue weighted by Crippen LogP contribution is -1.89. The molecule has 4 rings (SSSR count). The minimum Gasteiger partial charge on any atom is -0.398 e. The lowest BCUT2D eigenvalue weighted by Gasteiger charge is -2.11. The van der Waals surface area contributed by atoms with Gasteiger partial charge in [-0.15, -0.1) is 0 Å². The van der Waals surface area contributed by atoms with Gasteiger partial charge in [-0.3, -0.25) is 0 Å². The van der Waals surface area contributed by atoms with Crippen LogP contribution in [0.3, 0.4) is 0 Å². The minimum atomic E-state index is -4.64. The van der Waals surface area contributed by atoms with E-state index in [1.807, 2.05) is 12.1 Å². The number of rotatable bonds is 0. The van der Waals surface area contributed by atoms with Crippen LogP contribution in [0.1, 0.15) is 0 Å². The summed E-state index contributed by atoms with van der Waals surface area (Å²) in [4.78, 5) is 21.6. The Hall–Kier alpha value is -2.43. The number of phosphoric acid groups is 1. The summed E-state index contributed by atoms with van der Waals surface area (Å²) in [5.74, 6) is 0. The summed E-state index contributed by atoms with van der Waals surface area (Å²) in [7, 11) is -4.64. The number of hydrogen-bond donors (Lipinski definition) is 4. The van der Waals surface area contributed by atoms with Crippen molar-refractivity contribution in [1.29, 1.82) is 0 Å². The Morgan fingerprint density at radius 3 is 1.42 bits per heavy atom. The average molecular weight is 341 g/mol. The molecular weight excluding hydrogens is 325 g/mol. The van der Waals surface area contributed by atoms with Gasteiger partial charge < -0.3 is 20.4 Å². The number of nitrogen functional groups attached to an aromatic ring is 1. The Morgan fingerprint density at radius 2 is 0.958 bits per heavy atom. The summed E-state index contributed by atoms with van der Waals surface area (Å²) >= 11 is 0. The monoisotopic (exact) mass is 341 g/mol. The van der Waals surface area contributed by atoms with Crippen LogP contribution >= 0.6 is 7.82 Å². The Kier molecular flexibility index (Phi) is 4.26. The molecular formula is C18H16NO4P. The molecule has 0 aliphatic rings. The first kappa shape index (κ1) is 16.4. The van der Waals surface area contributed by atoms with E-state index in [9.17, 15) is 0 Å². The highest BCUT2D eigenvalue weighted by molar-refractivity contribution is 7.45. The van der Waals surface area contributed by atoms with E-state index in [1.54, 1.807) is 0 Å². The van der Waals surface area contributed by atoms with Crippen LogP contribution in [0.5, 0.6) is 0 Å². The molecule has 0 fully saturated rings. The number of anilines is 1. The fraction of sp³-hybridized carbons (Fsp3) is 0. The van der Waals surface area contributed by atoms with Gasteiger partial charge in [0.15, 0.2) is 0 Å². The summed E-state index contributed by atoms with van der Waals surface area (Å²) in [5.41, 5.74) is 7.06. The van der Waals surface area contributed by atoms with Gasteiger partial charge in [0, 0.05) is 11.1 Å². The molecule has 0 aromatic heterocycles. The number of fused-ring (bicyclic) bond motifs is 6. The predicted octanol–water partition coefficient (Wildman–Crippen LogP) is 3.80. The van der Waals surface area contributed by atoms with Crippen molar-refractivity contribution in [2.45, 2.75) is 0 Å². The second-order valence-corrected chi connectivity index (χ2v) is 6.40. The molecule has 0 radical (unpaired) electrons. The van der Waals surface area contributed by atoms with Gasteiger partial charge in [0.1, 0.15) is 0 Å². The van der Waals surface area contributed by atoms with Crippen molar-refractivity contribution in [3.63, 3.8) is 0 Å². The maximum atomic E-state index is 8.88. The van der Waals surface area contributed by atoms with E-state index in [4.69, 9.17) is 25.0 Å². The maximum absolute atomic E-state index is 8.88. The molecule has 0 saturated heterocycles. The quantitative estimate of drug-likeness (QED) is 0.221. The van der Waals surface area contributed by atoms with Crippen molar-refractivity contribution >= 4 is 45.8 Å². The van der Waals surface area contributed by atoms with Crippen LogP contribution in [-0.4, -0.2) is 14.7 Å². The molecule has 5 nitrogen and oxygen atoms in total. The van der Waals surface area contributed by atoms with Gasteiger partial charge >= 0.3 is 7.82 Å². The van der Waals surface area contributed by atoms with E-state index in [-0.39, 0.29) is 0 Å². The summed E-state index contributed by atoms with van der Waals surface area (Å²) in [6.07, 6.45) is 0. The molecule has 0 aliphatic heterocycles. The van der Waals surface area contributed by atoms with Crippen molar-refractivity contribution in [3.8, 4) is 0 Å². The highest BCUT2D eigenvalue weighted by atomic mass is 31.2. The lowest BCUT2D eigenvalue weighted by molar-refractivity contribution is 0.275. The molecule has 0 spiro atoms. The molecule has 0 amide bonds. The Morgan fingerprint density at radius 1 is 0.625 bits per heavy atom. The third-order valence-corrected chi connectivity index (χ3v) is 3.80. The molecule has 5 N–H and O–H groups in total. The highest BCUT2D eigenvalue weighted by Gasteiger charge is 2.09. The zero-order chi connectivity index (χ0) is 17.3. The Bertz CT molecular complexity index is 1030. The minimum absolute atomic E-state index is 0.847. The van der Waals surface area contributed by atoms with E-state index in [0.29, 0.717) is 0 Å². The van der Waals surface area contributed by atoms with Crippen LogP contribution < -0.4 is 5.73 Å². The van der Waals surface area contributed by atoms with Gasteiger partial charge in [-0.1, -0.05) is 60.7 Å². The van der Waals surface area contributed by atoms with E-state index in [1.165, 1.54) is 26.9 Å². The van der Waals surface area contributed by atoms with Crippen LogP contribution in [0.4, 0.5) is 5.69 Å². The van der Waals surface area contributed by atoms with E-state index >= 15 is 0 Å². The molecule has 4 aromatic carbocycles. The summed E-state index contributed by atoms with van der Waals surface area (Å²) < 4.78 is 8.88. The van der Waals surface area contributed by atoms with Crippen LogP contribution in [-0.2, 0) is 4.57 Å². The fourth-order valence-corrected chi connectivity index (χ4v) is 2.98. The van der Waals surface area contributed by atoms with Gasteiger partial charge in [-0.2, -0.15) is 0 Å². The standard InChI is InChI=1S/C18H13N.H3O4P/c19-17-11-5-10-16-14-7-2-1-6-12(14)13-8-3-4-9-15(13)18(16)17;1-5(2,3)4/h1-11H,19H2;(H3,1,2,3,4). The fourth-order valence-electron chi connectivity index (χ4n) is 2.98. The predicted molar refractivity (Wildman–Crippen MR) is 97.6 cm³/mol. The molecule has 0 unspecified atom stereocenters. The van der Waals surface area contributed by atoms with Crippen LogP contribution in [0.25, 0.3) is 32.3 Å². The van der Waals surface area contributed by atoms with Gasteiger partial charge in [0.2, 0.25) is 0 Å². The zero-order valence-corrected chi connectivity index (χ0v) is 13.5. The normalized spacial score (nSPS) is 11.5. The average Bonchev–Trinajstić information content (AvgIpc) is 2.54. The Labute approximate surface area is 138 Å². The molecule has 4 aromatic rings. The number of benzene rings is 4. The highest BCUT2D eigenvalue weighted by Crippen LogP contribution is 2.37. The van der Waals surface area contributed by atoms with Gasteiger partial charge in [0.25, 0.3) is 0 Å². The zero-order valence-electron chi connectivity index (χ0n) is 12.6. The third kappa shape index (κ3) is 3.25. The van der Waals surface area contributed by atoms with Crippen molar-refractivity contribution in [2.75, 3.05) is 5.73 Å².